The van der Waals surface area contributed by atoms with E-state index in [1.165, 1.54) is 32.4 Å². The molecule has 2 aromatic carbocycles. The van der Waals surface area contributed by atoms with Gasteiger partial charge in [0.1, 0.15) is 0 Å². The van der Waals surface area contributed by atoms with E-state index in [0.717, 1.165) is 11.3 Å². The minimum absolute atomic E-state index is 0.198. The number of benzene rings is 2. The summed E-state index contributed by atoms with van der Waals surface area (Å²) in [6.07, 6.45) is 0. The third kappa shape index (κ3) is 4.93. The summed E-state index contributed by atoms with van der Waals surface area (Å²) in [5, 5.41) is 6.89. The summed E-state index contributed by atoms with van der Waals surface area (Å²) in [6, 6.07) is 9.80. The van der Waals surface area contributed by atoms with Crippen LogP contribution >= 0.6 is 23.8 Å². The van der Waals surface area contributed by atoms with Crippen molar-refractivity contribution in [1.82, 2.24) is 0 Å². The highest BCUT2D eigenvalue weighted by atomic mass is 35.5. The van der Waals surface area contributed by atoms with Crippen molar-refractivity contribution in [2.24, 2.45) is 0 Å². The predicted octanol–water partition coefficient (Wildman–Crippen LogP) is 4.03. The molecule has 2 N–H and O–H groups in total. The van der Waals surface area contributed by atoms with Crippen LogP contribution in [-0.4, -0.2) is 31.3 Å². The number of halogens is 1. The summed E-state index contributed by atoms with van der Waals surface area (Å²) in [4.78, 5) is 23.6. The molecule has 2 rings (SSSR count). The lowest BCUT2D eigenvalue weighted by molar-refractivity contribution is 0.0599. The van der Waals surface area contributed by atoms with E-state index < -0.39 is 11.9 Å². The Hall–Kier alpha value is -2.64. The van der Waals surface area contributed by atoms with Gasteiger partial charge in [-0.15, -0.1) is 0 Å². The van der Waals surface area contributed by atoms with Gasteiger partial charge >= 0.3 is 11.9 Å². The molecule has 0 heterocycles. The molecule has 0 aliphatic heterocycles. The standard InChI is InChI=1S/C18H17ClN2O4S/c1-10-6-13(19)4-5-15(10)21-18(26)20-14-8-11(16(22)24-2)7-12(9-14)17(23)25-3/h4-9H,1-3H3,(H2,20,21,26). The summed E-state index contributed by atoms with van der Waals surface area (Å²) >= 11 is 11.2. The zero-order valence-corrected chi connectivity index (χ0v) is 16.0. The van der Waals surface area contributed by atoms with Gasteiger partial charge in [0.2, 0.25) is 0 Å². The average molecular weight is 393 g/mol. The van der Waals surface area contributed by atoms with Crippen LogP contribution in [0.2, 0.25) is 5.02 Å². The van der Waals surface area contributed by atoms with Crippen molar-refractivity contribution in [3.8, 4) is 0 Å². The van der Waals surface area contributed by atoms with Gasteiger partial charge in [0.25, 0.3) is 0 Å². The van der Waals surface area contributed by atoms with Crippen molar-refractivity contribution >= 4 is 52.2 Å². The molecule has 0 saturated heterocycles. The minimum Gasteiger partial charge on any atom is -0.465 e. The van der Waals surface area contributed by atoms with E-state index in [-0.39, 0.29) is 16.2 Å². The quantitative estimate of drug-likeness (QED) is 0.600. The van der Waals surface area contributed by atoms with Crippen molar-refractivity contribution < 1.29 is 19.1 Å². The van der Waals surface area contributed by atoms with Gasteiger partial charge in [-0.2, -0.15) is 0 Å². The van der Waals surface area contributed by atoms with Crippen LogP contribution in [0.15, 0.2) is 36.4 Å². The molecule has 136 valence electrons. The number of rotatable bonds is 4. The Morgan fingerprint density at radius 3 is 2.04 bits per heavy atom. The maximum absolute atomic E-state index is 11.8. The van der Waals surface area contributed by atoms with Gasteiger partial charge in [0, 0.05) is 16.4 Å². The average Bonchev–Trinajstić information content (AvgIpc) is 2.62. The lowest BCUT2D eigenvalue weighted by Gasteiger charge is -2.14. The number of aryl methyl sites for hydroxylation is 1. The molecule has 6 nitrogen and oxygen atoms in total. The van der Waals surface area contributed by atoms with Gasteiger partial charge in [-0.3, -0.25) is 0 Å². The van der Waals surface area contributed by atoms with Crippen molar-refractivity contribution in [2.75, 3.05) is 24.9 Å². The van der Waals surface area contributed by atoms with Crippen LogP contribution in [0, 0.1) is 6.92 Å². The number of thiocarbonyl (C=S) groups is 1. The summed E-state index contributed by atoms with van der Waals surface area (Å²) in [7, 11) is 2.52. The Balaban J connectivity index is 2.25. The Labute approximate surface area is 161 Å². The van der Waals surface area contributed by atoms with Crippen molar-refractivity contribution in [2.45, 2.75) is 6.92 Å². The highest BCUT2D eigenvalue weighted by molar-refractivity contribution is 7.80. The molecule has 0 fully saturated rings. The van der Waals surface area contributed by atoms with Gasteiger partial charge < -0.3 is 20.1 Å². The third-order valence-electron chi connectivity index (χ3n) is 3.47. The number of anilines is 2. The molecule has 0 aliphatic carbocycles. The van der Waals surface area contributed by atoms with E-state index in [9.17, 15) is 9.59 Å². The number of nitrogens with one attached hydrogen (secondary N) is 2. The van der Waals surface area contributed by atoms with Gasteiger partial charge in [-0.05, 0) is 61.1 Å². The first-order chi connectivity index (χ1) is 12.3. The smallest absolute Gasteiger partial charge is 0.337 e. The van der Waals surface area contributed by atoms with Gasteiger partial charge in [0.15, 0.2) is 5.11 Å². The molecule has 0 saturated carbocycles. The van der Waals surface area contributed by atoms with Gasteiger partial charge in [-0.1, -0.05) is 11.6 Å². The van der Waals surface area contributed by atoms with Crippen LogP contribution in [0.4, 0.5) is 11.4 Å². The second-order valence-corrected chi connectivity index (χ2v) is 6.17. The molecule has 8 heteroatoms. The Kier molecular flexibility index (Phi) is 6.54. The molecular weight excluding hydrogens is 376 g/mol. The first-order valence-corrected chi connectivity index (χ1v) is 8.28. The molecule has 0 atom stereocenters. The van der Waals surface area contributed by atoms with Gasteiger partial charge in [-0.25, -0.2) is 9.59 Å². The van der Waals surface area contributed by atoms with Crippen LogP contribution in [-0.2, 0) is 9.47 Å². The van der Waals surface area contributed by atoms with Crippen molar-refractivity contribution in [1.29, 1.82) is 0 Å². The van der Waals surface area contributed by atoms with Crippen molar-refractivity contribution in [3.63, 3.8) is 0 Å². The third-order valence-corrected chi connectivity index (χ3v) is 3.91. The van der Waals surface area contributed by atoms with Crippen LogP contribution in [0.25, 0.3) is 0 Å². The lowest BCUT2D eigenvalue weighted by atomic mass is 10.1. The first kappa shape index (κ1) is 19.7. The Morgan fingerprint density at radius 2 is 1.54 bits per heavy atom. The topological polar surface area (TPSA) is 76.7 Å². The summed E-state index contributed by atoms with van der Waals surface area (Å²) in [5.74, 6) is -1.16. The van der Waals surface area contributed by atoms with Crippen molar-refractivity contribution in [3.05, 3.63) is 58.1 Å². The highest BCUT2D eigenvalue weighted by Gasteiger charge is 2.14. The fraction of sp³-hybridized carbons (Fsp3) is 0.167. The van der Waals surface area contributed by atoms with Crippen LogP contribution < -0.4 is 10.6 Å². The molecule has 0 spiro atoms. The van der Waals surface area contributed by atoms with E-state index in [1.807, 2.05) is 6.92 Å². The molecule has 0 bridgehead atoms. The number of hydrogen-bond acceptors (Lipinski definition) is 5. The largest absolute Gasteiger partial charge is 0.465 e. The number of hydrogen-bond donors (Lipinski definition) is 2. The summed E-state index contributed by atoms with van der Waals surface area (Å²) in [6.45, 7) is 1.89. The Morgan fingerprint density at radius 1 is 0.962 bits per heavy atom. The number of esters is 2. The molecule has 0 radical (unpaired) electrons. The number of ether oxygens (including phenoxy) is 2. The van der Waals surface area contributed by atoms with Crippen LogP contribution in [0.1, 0.15) is 26.3 Å². The molecule has 0 aromatic heterocycles. The Bertz CT molecular complexity index is 836. The SMILES string of the molecule is COC(=O)c1cc(NC(=S)Nc2ccc(Cl)cc2C)cc(C(=O)OC)c1. The molecule has 26 heavy (non-hydrogen) atoms. The zero-order chi connectivity index (χ0) is 19.3. The zero-order valence-electron chi connectivity index (χ0n) is 14.4. The van der Waals surface area contributed by atoms with Crippen LogP contribution in [0.3, 0.4) is 0 Å². The minimum atomic E-state index is -0.578. The van der Waals surface area contributed by atoms with Gasteiger partial charge in [0.05, 0.1) is 25.3 Å². The second-order valence-electron chi connectivity index (χ2n) is 5.32. The summed E-state index contributed by atoms with van der Waals surface area (Å²) < 4.78 is 9.41. The molecule has 0 aliphatic rings. The van der Waals surface area contributed by atoms with E-state index in [1.54, 1.807) is 18.2 Å². The maximum atomic E-state index is 11.8. The normalized spacial score (nSPS) is 10.0. The highest BCUT2D eigenvalue weighted by Crippen LogP contribution is 2.21. The predicted molar refractivity (Wildman–Crippen MR) is 105 cm³/mol. The fourth-order valence-electron chi connectivity index (χ4n) is 2.22. The summed E-state index contributed by atoms with van der Waals surface area (Å²) in [5.41, 5.74) is 2.54. The molecule has 0 unspecified atom stereocenters. The lowest BCUT2D eigenvalue weighted by Crippen LogP contribution is -2.20. The number of carbonyl (C=O) groups is 2. The van der Waals surface area contributed by atoms with Crippen LogP contribution in [0.5, 0.6) is 0 Å². The first-order valence-electron chi connectivity index (χ1n) is 7.50. The monoisotopic (exact) mass is 392 g/mol. The maximum Gasteiger partial charge on any atom is 0.337 e. The van der Waals surface area contributed by atoms with E-state index in [4.69, 9.17) is 33.3 Å². The van der Waals surface area contributed by atoms with E-state index in [0.29, 0.717) is 10.7 Å². The second kappa shape index (κ2) is 8.64. The van der Waals surface area contributed by atoms with E-state index in [2.05, 4.69) is 10.6 Å². The number of carbonyl (C=O) groups excluding carboxylic acids is 2. The number of methoxy groups -OCH3 is 2. The molecular formula is C18H17ClN2O4S. The van der Waals surface area contributed by atoms with E-state index >= 15 is 0 Å². The molecule has 2 aromatic rings. The molecule has 0 amide bonds. The fourth-order valence-corrected chi connectivity index (χ4v) is 2.68.